The molecule has 0 aliphatic carbocycles. The Morgan fingerprint density at radius 2 is 2.43 bits per heavy atom. The fraction of sp³-hybridized carbons (Fsp3) is 0.600. The van der Waals surface area contributed by atoms with Crippen molar-refractivity contribution in [1.29, 1.82) is 0 Å². The average molecular weight is 198 g/mol. The molecule has 0 saturated heterocycles. The summed E-state index contributed by atoms with van der Waals surface area (Å²) in [4.78, 5) is 0. The molecule has 0 fully saturated rings. The molecule has 0 saturated carbocycles. The SMILES string of the molecule is COC(C)CNC(CN)c1ccoc1. The summed E-state index contributed by atoms with van der Waals surface area (Å²) in [5.74, 6) is 0. The third-order valence-corrected chi connectivity index (χ3v) is 2.24. The molecule has 2 unspecified atom stereocenters. The number of furan rings is 1. The van der Waals surface area contributed by atoms with E-state index in [0.29, 0.717) is 6.54 Å². The van der Waals surface area contributed by atoms with Crippen molar-refractivity contribution in [2.45, 2.75) is 19.1 Å². The third kappa shape index (κ3) is 3.14. The van der Waals surface area contributed by atoms with E-state index in [2.05, 4.69) is 5.32 Å². The van der Waals surface area contributed by atoms with Gasteiger partial charge in [0.2, 0.25) is 0 Å². The number of methoxy groups -OCH3 is 1. The second-order valence-electron chi connectivity index (χ2n) is 3.30. The zero-order valence-corrected chi connectivity index (χ0v) is 8.69. The number of hydrogen-bond acceptors (Lipinski definition) is 4. The van der Waals surface area contributed by atoms with Gasteiger partial charge in [-0.1, -0.05) is 0 Å². The Hall–Kier alpha value is -0.840. The van der Waals surface area contributed by atoms with E-state index in [1.165, 1.54) is 0 Å². The number of ether oxygens (including phenoxy) is 1. The van der Waals surface area contributed by atoms with E-state index in [-0.39, 0.29) is 12.1 Å². The summed E-state index contributed by atoms with van der Waals surface area (Å²) in [7, 11) is 1.70. The van der Waals surface area contributed by atoms with Gasteiger partial charge in [0, 0.05) is 31.8 Å². The summed E-state index contributed by atoms with van der Waals surface area (Å²) in [6.07, 6.45) is 3.55. The van der Waals surface area contributed by atoms with Crippen LogP contribution in [-0.4, -0.2) is 26.3 Å². The van der Waals surface area contributed by atoms with Crippen molar-refractivity contribution in [1.82, 2.24) is 5.32 Å². The van der Waals surface area contributed by atoms with E-state index in [0.717, 1.165) is 12.1 Å². The summed E-state index contributed by atoms with van der Waals surface area (Å²) in [6, 6.07) is 2.06. The van der Waals surface area contributed by atoms with Gasteiger partial charge in [-0.2, -0.15) is 0 Å². The maximum atomic E-state index is 5.65. The predicted octanol–water partition coefficient (Wildman–Crippen LogP) is 0.904. The molecule has 1 aromatic rings. The van der Waals surface area contributed by atoms with Crippen molar-refractivity contribution in [3.8, 4) is 0 Å². The summed E-state index contributed by atoms with van der Waals surface area (Å²) >= 11 is 0. The lowest BCUT2D eigenvalue weighted by Gasteiger charge is -2.17. The van der Waals surface area contributed by atoms with Crippen LogP contribution in [0.1, 0.15) is 18.5 Å². The molecule has 0 bridgehead atoms. The van der Waals surface area contributed by atoms with E-state index < -0.39 is 0 Å². The minimum absolute atomic E-state index is 0.145. The van der Waals surface area contributed by atoms with Gasteiger partial charge in [-0.25, -0.2) is 0 Å². The average Bonchev–Trinajstić information content (AvgIpc) is 2.72. The van der Waals surface area contributed by atoms with Gasteiger partial charge in [-0.3, -0.25) is 0 Å². The van der Waals surface area contributed by atoms with Gasteiger partial charge < -0.3 is 20.2 Å². The van der Waals surface area contributed by atoms with Gasteiger partial charge in [0.25, 0.3) is 0 Å². The minimum atomic E-state index is 0.145. The molecule has 0 spiro atoms. The van der Waals surface area contributed by atoms with E-state index in [9.17, 15) is 0 Å². The van der Waals surface area contributed by atoms with Gasteiger partial charge >= 0.3 is 0 Å². The molecule has 0 aliphatic heterocycles. The molecular formula is C10H18N2O2. The Morgan fingerprint density at radius 3 is 2.93 bits per heavy atom. The maximum absolute atomic E-state index is 5.65. The molecule has 14 heavy (non-hydrogen) atoms. The second kappa shape index (κ2) is 5.80. The fourth-order valence-corrected chi connectivity index (χ4v) is 1.20. The zero-order valence-electron chi connectivity index (χ0n) is 8.69. The van der Waals surface area contributed by atoms with Crippen molar-refractivity contribution in [3.05, 3.63) is 24.2 Å². The maximum Gasteiger partial charge on any atom is 0.0950 e. The first-order valence-electron chi connectivity index (χ1n) is 4.76. The van der Waals surface area contributed by atoms with Gasteiger partial charge in [0.05, 0.1) is 18.6 Å². The van der Waals surface area contributed by atoms with Crippen LogP contribution < -0.4 is 11.1 Å². The quantitative estimate of drug-likeness (QED) is 0.713. The normalized spacial score (nSPS) is 15.4. The lowest BCUT2D eigenvalue weighted by molar-refractivity contribution is 0.114. The molecule has 0 radical (unpaired) electrons. The molecule has 3 N–H and O–H groups in total. The predicted molar refractivity (Wildman–Crippen MR) is 55.0 cm³/mol. The van der Waals surface area contributed by atoms with Crippen LogP contribution in [0.5, 0.6) is 0 Å². The van der Waals surface area contributed by atoms with Gasteiger partial charge in [-0.05, 0) is 13.0 Å². The van der Waals surface area contributed by atoms with E-state index in [1.54, 1.807) is 19.6 Å². The molecule has 1 rings (SSSR count). The number of nitrogens with two attached hydrogens (primary N) is 1. The largest absolute Gasteiger partial charge is 0.472 e. The van der Waals surface area contributed by atoms with Gasteiger partial charge in [0.1, 0.15) is 0 Å². The number of rotatable bonds is 6. The van der Waals surface area contributed by atoms with E-state index in [4.69, 9.17) is 14.9 Å². The van der Waals surface area contributed by atoms with E-state index in [1.807, 2.05) is 13.0 Å². The van der Waals surface area contributed by atoms with Crippen molar-refractivity contribution in [3.63, 3.8) is 0 Å². The van der Waals surface area contributed by atoms with Gasteiger partial charge in [0.15, 0.2) is 0 Å². The number of nitrogens with one attached hydrogen (secondary N) is 1. The highest BCUT2D eigenvalue weighted by molar-refractivity contribution is 5.11. The van der Waals surface area contributed by atoms with Crippen LogP contribution in [0, 0.1) is 0 Å². The molecule has 0 aliphatic rings. The van der Waals surface area contributed by atoms with Crippen LogP contribution in [-0.2, 0) is 4.74 Å². The van der Waals surface area contributed by atoms with Crippen LogP contribution in [0.15, 0.2) is 23.0 Å². The third-order valence-electron chi connectivity index (χ3n) is 2.24. The molecule has 2 atom stereocenters. The smallest absolute Gasteiger partial charge is 0.0950 e. The van der Waals surface area contributed by atoms with Crippen LogP contribution in [0.4, 0.5) is 0 Å². The van der Waals surface area contributed by atoms with Crippen molar-refractivity contribution >= 4 is 0 Å². The second-order valence-corrected chi connectivity index (χ2v) is 3.30. The van der Waals surface area contributed by atoms with Crippen molar-refractivity contribution in [2.24, 2.45) is 5.73 Å². The summed E-state index contributed by atoms with van der Waals surface area (Å²) in [5.41, 5.74) is 6.73. The molecule has 0 amide bonds. The molecule has 1 aromatic heterocycles. The number of hydrogen-bond donors (Lipinski definition) is 2. The first kappa shape index (κ1) is 11.2. The van der Waals surface area contributed by atoms with Crippen LogP contribution in [0.3, 0.4) is 0 Å². The molecule has 80 valence electrons. The highest BCUT2D eigenvalue weighted by Gasteiger charge is 2.11. The summed E-state index contributed by atoms with van der Waals surface area (Å²) in [5, 5.41) is 3.31. The van der Waals surface area contributed by atoms with Gasteiger partial charge in [-0.15, -0.1) is 0 Å². The lowest BCUT2D eigenvalue weighted by atomic mass is 10.1. The van der Waals surface area contributed by atoms with Crippen molar-refractivity contribution in [2.75, 3.05) is 20.2 Å². The molecule has 4 heteroatoms. The standard InChI is InChI=1S/C10H18N2O2/c1-8(13-2)6-12-10(5-11)9-3-4-14-7-9/h3-4,7-8,10,12H,5-6,11H2,1-2H3. The summed E-state index contributed by atoms with van der Waals surface area (Å²) in [6.45, 7) is 3.34. The molecular weight excluding hydrogens is 180 g/mol. The summed E-state index contributed by atoms with van der Waals surface area (Å²) < 4.78 is 10.1. The topological polar surface area (TPSA) is 60.4 Å². The zero-order chi connectivity index (χ0) is 10.4. The Bertz CT molecular complexity index is 236. The molecule has 0 aromatic carbocycles. The van der Waals surface area contributed by atoms with Crippen LogP contribution >= 0.6 is 0 Å². The minimum Gasteiger partial charge on any atom is -0.472 e. The van der Waals surface area contributed by atoms with Crippen molar-refractivity contribution < 1.29 is 9.15 Å². The highest BCUT2D eigenvalue weighted by atomic mass is 16.5. The first-order chi connectivity index (χ1) is 6.77. The highest BCUT2D eigenvalue weighted by Crippen LogP contribution is 2.11. The Kier molecular flexibility index (Phi) is 4.65. The Balaban J connectivity index is 2.40. The molecule has 1 heterocycles. The monoisotopic (exact) mass is 198 g/mol. The Morgan fingerprint density at radius 1 is 1.64 bits per heavy atom. The fourth-order valence-electron chi connectivity index (χ4n) is 1.20. The van der Waals surface area contributed by atoms with Crippen LogP contribution in [0.25, 0.3) is 0 Å². The molecule has 4 nitrogen and oxygen atoms in total. The Labute approximate surface area is 84.4 Å². The van der Waals surface area contributed by atoms with Crippen LogP contribution in [0.2, 0.25) is 0 Å². The first-order valence-corrected chi connectivity index (χ1v) is 4.76. The van der Waals surface area contributed by atoms with E-state index >= 15 is 0 Å². The lowest BCUT2D eigenvalue weighted by Crippen LogP contribution is -2.33.